The Kier molecular flexibility index (Phi) is 12.8. The molecule has 4 aliphatic rings. The van der Waals surface area contributed by atoms with Crippen LogP contribution >= 0.6 is 0 Å². The Morgan fingerprint density at radius 1 is 0.444 bits per heavy atom. The maximum absolute atomic E-state index is 11.0. The first-order valence-corrected chi connectivity index (χ1v) is 14.2. The van der Waals surface area contributed by atoms with E-state index >= 15 is 0 Å². The minimum atomic E-state index is -2.00. The first kappa shape index (κ1) is 37.0. The van der Waals surface area contributed by atoms with Gasteiger partial charge in [0.1, 0.15) is 91.6 Å². The lowest BCUT2D eigenvalue weighted by Gasteiger charge is -2.48. The van der Waals surface area contributed by atoms with Crippen molar-refractivity contribution in [1.82, 2.24) is 0 Å². The van der Waals surface area contributed by atoms with Crippen molar-refractivity contribution in [2.45, 2.75) is 123 Å². The average molecular weight is 666 g/mol. The van der Waals surface area contributed by atoms with Crippen molar-refractivity contribution >= 4 is 0 Å². The minimum Gasteiger partial charge on any atom is -0.394 e. The molecule has 15 N–H and O–H groups in total. The molecule has 21 nitrogen and oxygen atoms in total. The standard InChI is InChI=1S/C24H43NO20/c25-9-13(32)19(7(3-28)40-21(9)38)44-24-18(37)20(12(31)6(2-27)42-24)45-23-17(36)15(34)11(30)8(43-23)4-39-22-16(35)14(33)10(29)5(1-26)41-22/h5-24,26-38H,1-4,25H2/t5-,6-,7-,8-,9-,10+,11+,12-,13-,14+,15+,16-,17-,18+,19-,20+,21+,22+,23-,24-/m1/s1. The third-order valence-corrected chi connectivity index (χ3v) is 8.27. The van der Waals surface area contributed by atoms with Gasteiger partial charge in [-0.2, -0.15) is 0 Å². The first-order valence-electron chi connectivity index (χ1n) is 14.2. The van der Waals surface area contributed by atoms with E-state index in [-0.39, 0.29) is 0 Å². The van der Waals surface area contributed by atoms with Crippen LogP contribution in [0.4, 0.5) is 0 Å². The van der Waals surface area contributed by atoms with Crippen LogP contribution < -0.4 is 5.73 Å². The van der Waals surface area contributed by atoms with E-state index in [1.807, 2.05) is 0 Å². The number of ether oxygens (including phenoxy) is 7. The molecule has 21 heteroatoms. The van der Waals surface area contributed by atoms with Gasteiger partial charge in [-0.15, -0.1) is 0 Å². The summed E-state index contributed by atoms with van der Waals surface area (Å²) in [7, 11) is 0. The molecule has 0 aliphatic carbocycles. The average Bonchev–Trinajstić information content (AvgIpc) is 3.03. The second-order valence-corrected chi connectivity index (χ2v) is 11.3. The molecule has 0 aromatic rings. The van der Waals surface area contributed by atoms with Gasteiger partial charge in [-0.05, 0) is 0 Å². The Bertz CT molecular complexity index is 920. The zero-order chi connectivity index (χ0) is 33.3. The summed E-state index contributed by atoms with van der Waals surface area (Å²) in [6.07, 6.45) is -32.5. The van der Waals surface area contributed by atoms with Gasteiger partial charge in [0, 0.05) is 0 Å². The number of aliphatic hydroxyl groups is 13. The SMILES string of the molecule is N[C@@H]1[C@@H](O)[C@H](O[C@H]2O[C@H](CO)[C@@H](O)[C@H](O[C@H]3O[C@H](CO[C@H]4O[C@H](CO)[C@H](O)[C@H](O)[C@H]4O)[C@H](O)[C@H](O)[C@H]3O)[C@@H]2O)[C@@H](CO)O[C@@H]1O. The van der Waals surface area contributed by atoms with Gasteiger partial charge in [0.2, 0.25) is 0 Å². The predicted octanol–water partition coefficient (Wildman–Crippen LogP) is -9.78. The molecule has 4 rings (SSSR count). The van der Waals surface area contributed by atoms with E-state index in [1.54, 1.807) is 0 Å². The van der Waals surface area contributed by atoms with Gasteiger partial charge in [-0.25, -0.2) is 0 Å². The molecule has 0 spiro atoms. The van der Waals surface area contributed by atoms with Gasteiger partial charge in [0.05, 0.1) is 32.5 Å². The van der Waals surface area contributed by atoms with Crippen molar-refractivity contribution in [1.29, 1.82) is 0 Å². The Balaban J connectivity index is 1.46. The van der Waals surface area contributed by atoms with Crippen molar-refractivity contribution in [3.05, 3.63) is 0 Å². The maximum Gasteiger partial charge on any atom is 0.187 e. The molecule has 4 aliphatic heterocycles. The molecule has 0 saturated carbocycles. The smallest absolute Gasteiger partial charge is 0.187 e. The third kappa shape index (κ3) is 7.59. The van der Waals surface area contributed by atoms with Gasteiger partial charge in [-0.3, -0.25) is 0 Å². The van der Waals surface area contributed by atoms with Gasteiger partial charge in [-0.1, -0.05) is 0 Å². The molecule has 0 radical (unpaired) electrons. The summed E-state index contributed by atoms with van der Waals surface area (Å²) < 4.78 is 37.9. The van der Waals surface area contributed by atoms with E-state index in [0.717, 1.165) is 0 Å². The molecule has 20 atom stereocenters. The number of hydrogen-bond acceptors (Lipinski definition) is 21. The lowest BCUT2D eigenvalue weighted by atomic mass is 9.95. The minimum absolute atomic E-state index is 0.689. The Morgan fingerprint density at radius 3 is 1.51 bits per heavy atom. The molecular weight excluding hydrogens is 622 g/mol. The summed E-state index contributed by atoms with van der Waals surface area (Å²) in [6.45, 7) is -3.06. The summed E-state index contributed by atoms with van der Waals surface area (Å²) in [5.41, 5.74) is 5.70. The van der Waals surface area contributed by atoms with Crippen molar-refractivity contribution in [2.24, 2.45) is 5.73 Å². The first-order chi connectivity index (χ1) is 21.2. The van der Waals surface area contributed by atoms with Crippen LogP contribution in [0.5, 0.6) is 0 Å². The fourth-order valence-electron chi connectivity index (χ4n) is 5.47. The number of aliphatic hydroxyl groups excluding tert-OH is 13. The van der Waals surface area contributed by atoms with Crippen LogP contribution in [0.3, 0.4) is 0 Å². The zero-order valence-corrected chi connectivity index (χ0v) is 23.6. The van der Waals surface area contributed by atoms with Crippen LogP contribution in [0.25, 0.3) is 0 Å². The van der Waals surface area contributed by atoms with E-state index in [1.165, 1.54) is 0 Å². The summed E-state index contributed by atoms with van der Waals surface area (Å²) in [5.74, 6) is 0. The third-order valence-electron chi connectivity index (χ3n) is 8.27. The molecular formula is C24H43NO20. The second-order valence-electron chi connectivity index (χ2n) is 11.3. The summed E-state index contributed by atoms with van der Waals surface area (Å²) in [4.78, 5) is 0. The molecule has 0 aromatic carbocycles. The van der Waals surface area contributed by atoms with Crippen LogP contribution in [0.15, 0.2) is 0 Å². The predicted molar refractivity (Wildman–Crippen MR) is 136 cm³/mol. The maximum atomic E-state index is 11.0. The number of rotatable bonds is 10. The van der Waals surface area contributed by atoms with Crippen LogP contribution in [0.1, 0.15) is 0 Å². The van der Waals surface area contributed by atoms with Crippen LogP contribution in [-0.4, -0.2) is 216 Å². The Morgan fingerprint density at radius 2 is 0.911 bits per heavy atom. The Hall–Kier alpha value is -0.840. The van der Waals surface area contributed by atoms with E-state index in [2.05, 4.69) is 0 Å². The van der Waals surface area contributed by atoms with E-state index in [0.29, 0.717) is 0 Å². The van der Waals surface area contributed by atoms with Gasteiger partial charge in [0.15, 0.2) is 25.2 Å². The monoisotopic (exact) mass is 665 g/mol. The van der Waals surface area contributed by atoms with Crippen LogP contribution in [-0.2, 0) is 33.2 Å². The van der Waals surface area contributed by atoms with Gasteiger partial charge < -0.3 is 105 Å². The summed E-state index contributed by atoms with van der Waals surface area (Å²) >= 11 is 0. The number of hydrogen-bond donors (Lipinski definition) is 14. The molecule has 4 saturated heterocycles. The van der Waals surface area contributed by atoms with E-state index < -0.39 is 149 Å². The van der Waals surface area contributed by atoms with Crippen molar-refractivity contribution in [3.63, 3.8) is 0 Å². The largest absolute Gasteiger partial charge is 0.394 e. The highest BCUT2D eigenvalue weighted by atomic mass is 16.8. The van der Waals surface area contributed by atoms with Crippen LogP contribution in [0, 0.1) is 0 Å². The molecule has 264 valence electrons. The summed E-state index contributed by atoms with van der Waals surface area (Å²) in [6, 6.07) is -1.40. The van der Waals surface area contributed by atoms with Gasteiger partial charge >= 0.3 is 0 Å². The highest BCUT2D eigenvalue weighted by molar-refractivity contribution is 4.97. The van der Waals surface area contributed by atoms with Crippen molar-refractivity contribution in [2.75, 3.05) is 26.4 Å². The molecule has 0 amide bonds. The molecule has 4 fully saturated rings. The molecule has 0 unspecified atom stereocenters. The van der Waals surface area contributed by atoms with E-state index in [9.17, 15) is 66.4 Å². The molecule has 4 heterocycles. The second kappa shape index (κ2) is 15.6. The van der Waals surface area contributed by atoms with E-state index in [4.69, 9.17) is 38.9 Å². The molecule has 0 aromatic heterocycles. The summed E-state index contributed by atoms with van der Waals surface area (Å²) in [5, 5.41) is 133. The van der Waals surface area contributed by atoms with Gasteiger partial charge in [0.25, 0.3) is 0 Å². The fraction of sp³-hybridized carbons (Fsp3) is 1.00. The number of nitrogens with two attached hydrogens (primary N) is 1. The fourth-order valence-corrected chi connectivity index (χ4v) is 5.47. The van der Waals surface area contributed by atoms with Crippen molar-refractivity contribution < 1.29 is 99.5 Å². The highest BCUT2D eigenvalue weighted by Gasteiger charge is 2.54. The topological polar surface area (TPSA) is 354 Å². The molecule has 0 bridgehead atoms. The zero-order valence-electron chi connectivity index (χ0n) is 23.6. The lowest BCUT2D eigenvalue weighted by Crippen LogP contribution is -2.67. The Labute approximate surface area is 255 Å². The molecule has 45 heavy (non-hydrogen) atoms. The lowest BCUT2D eigenvalue weighted by molar-refractivity contribution is -0.377. The normalized spacial score (nSPS) is 52.9. The highest BCUT2D eigenvalue weighted by Crippen LogP contribution is 2.32. The van der Waals surface area contributed by atoms with Crippen molar-refractivity contribution in [3.8, 4) is 0 Å². The quantitative estimate of drug-likeness (QED) is 0.103. The van der Waals surface area contributed by atoms with Crippen LogP contribution in [0.2, 0.25) is 0 Å².